The van der Waals surface area contributed by atoms with Crippen LogP contribution in [0.5, 0.6) is 11.5 Å². The van der Waals surface area contributed by atoms with E-state index in [4.69, 9.17) is 9.47 Å². The molecular formula is C21H22ClN3O4S. The van der Waals surface area contributed by atoms with Crippen LogP contribution in [0.3, 0.4) is 0 Å². The van der Waals surface area contributed by atoms with Gasteiger partial charge in [-0.1, -0.05) is 12.1 Å². The summed E-state index contributed by atoms with van der Waals surface area (Å²) >= 11 is 1.57. The molecule has 2 aliphatic rings. The van der Waals surface area contributed by atoms with Gasteiger partial charge in [0.15, 0.2) is 11.5 Å². The second kappa shape index (κ2) is 8.77. The maximum Gasteiger partial charge on any atom is 0.242 e. The zero-order valence-electron chi connectivity index (χ0n) is 16.2. The SMILES string of the molecule is Cl.O=C(C1COCCN1)N1CCOc2c(O)cc(-c3nc4ccccc4s3)cc2C1. The molecule has 158 valence electrons. The molecule has 1 unspecified atom stereocenters. The van der Waals surface area contributed by atoms with Gasteiger partial charge in [-0.2, -0.15) is 0 Å². The van der Waals surface area contributed by atoms with Crippen LogP contribution in [0.2, 0.25) is 0 Å². The van der Waals surface area contributed by atoms with Crippen LogP contribution in [-0.4, -0.2) is 59.8 Å². The van der Waals surface area contributed by atoms with Gasteiger partial charge in [-0.05, 0) is 24.3 Å². The zero-order valence-corrected chi connectivity index (χ0v) is 17.8. The number of benzene rings is 2. The number of para-hydroxylation sites is 1. The molecule has 2 aromatic carbocycles. The summed E-state index contributed by atoms with van der Waals surface area (Å²) in [7, 11) is 0. The number of thiazole rings is 1. The lowest BCUT2D eigenvalue weighted by molar-refractivity contribution is -0.137. The summed E-state index contributed by atoms with van der Waals surface area (Å²) in [5.74, 6) is 0.509. The van der Waals surface area contributed by atoms with Crippen molar-refractivity contribution in [1.82, 2.24) is 15.2 Å². The van der Waals surface area contributed by atoms with Gasteiger partial charge >= 0.3 is 0 Å². The average Bonchev–Trinajstić information content (AvgIpc) is 3.07. The lowest BCUT2D eigenvalue weighted by Crippen LogP contribution is -2.52. The summed E-state index contributed by atoms with van der Waals surface area (Å²) in [5, 5.41) is 14.6. The van der Waals surface area contributed by atoms with E-state index in [1.807, 2.05) is 30.3 Å². The molecule has 1 amide bonds. The molecule has 1 fully saturated rings. The number of halogens is 1. The van der Waals surface area contributed by atoms with Crippen LogP contribution < -0.4 is 10.1 Å². The van der Waals surface area contributed by atoms with Crippen molar-refractivity contribution in [2.75, 3.05) is 32.9 Å². The number of carbonyl (C=O) groups excluding carboxylic acids is 1. The Hall–Kier alpha value is -2.39. The smallest absolute Gasteiger partial charge is 0.242 e. The van der Waals surface area contributed by atoms with E-state index in [1.54, 1.807) is 22.3 Å². The van der Waals surface area contributed by atoms with Crippen molar-refractivity contribution in [3.63, 3.8) is 0 Å². The van der Waals surface area contributed by atoms with E-state index in [2.05, 4.69) is 10.3 Å². The third-order valence-electron chi connectivity index (χ3n) is 5.19. The Morgan fingerprint density at radius 2 is 2.13 bits per heavy atom. The first-order chi connectivity index (χ1) is 14.2. The standard InChI is InChI=1S/C21H21N3O4S.ClH/c25-17-10-13(20-23-15-3-1-2-4-18(15)29-20)9-14-11-24(6-8-28-19(14)17)21(26)16-12-27-7-5-22-16;/h1-4,9-10,16,22,25H,5-8,11-12H2;1H. The second-order valence-electron chi connectivity index (χ2n) is 7.16. The molecule has 9 heteroatoms. The van der Waals surface area contributed by atoms with Crippen LogP contribution in [0.4, 0.5) is 0 Å². The van der Waals surface area contributed by atoms with E-state index < -0.39 is 0 Å². The number of phenolic OH excluding ortho intramolecular Hbond substituents is 1. The molecule has 3 aromatic rings. The summed E-state index contributed by atoms with van der Waals surface area (Å²) in [5.41, 5.74) is 2.53. The van der Waals surface area contributed by atoms with Crippen molar-refractivity contribution >= 4 is 39.9 Å². The number of ether oxygens (including phenoxy) is 2. The number of rotatable bonds is 2. The Morgan fingerprint density at radius 3 is 2.93 bits per heavy atom. The van der Waals surface area contributed by atoms with E-state index in [0.717, 1.165) is 26.4 Å². The molecule has 30 heavy (non-hydrogen) atoms. The van der Waals surface area contributed by atoms with Crippen molar-refractivity contribution in [2.45, 2.75) is 12.6 Å². The van der Waals surface area contributed by atoms with Gasteiger partial charge in [-0.25, -0.2) is 4.98 Å². The van der Waals surface area contributed by atoms with Crippen LogP contribution in [-0.2, 0) is 16.1 Å². The maximum absolute atomic E-state index is 12.9. The molecule has 2 N–H and O–H groups in total. The highest BCUT2D eigenvalue weighted by Crippen LogP contribution is 2.39. The average molecular weight is 448 g/mol. The molecule has 1 aromatic heterocycles. The summed E-state index contributed by atoms with van der Waals surface area (Å²) in [6, 6.07) is 11.3. The summed E-state index contributed by atoms with van der Waals surface area (Å²) in [6.07, 6.45) is 0. The zero-order chi connectivity index (χ0) is 19.8. The van der Waals surface area contributed by atoms with Crippen molar-refractivity contribution < 1.29 is 19.4 Å². The number of phenols is 1. The van der Waals surface area contributed by atoms with Crippen LogP contribution in [0, 0.1) is 0 Å². The molecule has 5 rings (SSSR count). The Morgan fingerprint density at radius 1 is 1.27 bits per heavy atom. The molecule has 2 aliphatic heterocycles. The minimum atomic E-state index is -0.341. The predicted octanol–water partition coefficient (Wildman–Crippen LogP) is 2.80. The minimum Gasteiger partial charge on any atom is -0.504 e. The highest BCUT2D eigenvalue weighted by Gasteiger charge is 2.29. The molecule has 0 aliphatic carbocycles. The van der Waals surface area contributed by atoms with E-state index in [-0.39, 0.29) is 30.1 Å². The fourth-order valence-corrected chi connectivity index (χ4v) is 4.70. The van der Waals surface area contributed by atoms with Gasteiger partial charge in [0.05, 0.1) is 30.0 Å². The monoisotopic (exact) mass is 447 g/mol. The summed E-state index contributed by atoms with van der Waals surface area (Å²) in [4.78, 5) is 19.4. The molecule has 3 heterocycles. The normalized spacial score (nSPS) is 18.8. The first-order valence-electron chi connectivity index (χ1n) is 9.63. The van der Waals surface area contributed by atoms with Gasteiger partial charge in [0.25, 0.3) is 0 Å². The number of amides is 1. The van der Waals surface area contributed by atoms with Crippen LogP contribution in [0.15, 0.2) is 36.4 Å². The molecule has 0 radical (unpaired) electrons. The number of aromatic hydroxyl groups is 1. The van der Waals surface area contributed by atoms with E-state index in [9.17, 15) is 9.90 Å². The van der Waals surface area contributed by atoms with Gasteiger partial charge in [0, 0.05) is 24.2 Å². The Labute approximate surface area is 184 Å². The third-order valence-corrected chi connectivity index (χ3v) is 6.27. The van der Waals surface area contributed by atoms with Crippen molar-refractivity contribution in [3.05, 3.63) is 42.0 Å². The Bertz CT molecular complexity index is 1030. The van der Waals surface area contributed by atoms with Gasteiger partial charge in [0.1, 0.15) is 17.7 Å². The Kier molecular flexibility index (Phi) is 6.10. The van der Waals surface area contributed by atoms with Crippen LogP contribution in [0.1, 0.15) is 5.56 Å². The van der Waals surface area contributed by atoms with E-state index in [0.29, 0.717) is 45.2 Å². The fraction of sp³-hybridized carbons (Fsp3) is 0.333. The quantitative estimate of drug-likeness (QED) is 0.628. The molecule has 7 nitrogen and oxygen atoms in total. The van der Waals surface area contributed by atoms with Gasteiger partial charge in [-0.3, -0.25) is 4.79 Å². The highest BCUT2D eigenvalue weighted by molar-refractivity contribution is 7.21. The number of morpholine rings is 1. The number of aromatic nitrogens is 1. The van der Waals surface area contributed by atoms with E-state index in [1.165, 1.54) is 0 Å². The van der Waals surface area contributed by atoms with Gasteiger partial charge in [0.2, 0.25) is 5.91 Å². The first-order valence-corrected chi connectivity index (χ1v) is 10.5. The van der Waals surface area contributed by atoms with Crippen LogP contribution >= 0.6 is 23.7 Å². The molecule has 1 saturated heterocycles. The molecule has 1 atom stereocenters. The third kappa shape index (κ3) is 3.96. The number of nitrogens with one attached hydrogen (secondary N) is 1. The maximum atomic E-state index is 12.9. The highest BCUT2D eigenvalue weighted by atomic mass is 35.5. The number of nitrogens with zero attached hydrogens (tertiary/aromatic N) is 2. The number of fused-ring (bicyclic) bond motifs is 2. The largest absolute Gasteiger partial charge is 0.504 e. The molecular weight excluding hydrogens is 426 g/mol. The second-order valence-corrected chi connectivity index (χ2v) is 8.19. The first kappa shape index (κ1) is 20.9. The summed E-state index contributed by atoms with van der Waals surface area (Å²) in [6.45, 7) is 2.83. The minimum absolute atomic E-state index is 0. The molecule has 0 saturated carbocycles. The number of hydrogen-bond donors (Lipinski definition) is 2. The van der Waals surface area contributed by atoms with Crippen molar-refractivity contribution in [3.8, 4) is 22.1 Å². The topological polar surface area (TPSA) is 83.9 Å². The van der Waals surface area contributed by atoms with Gasteiger partial charge < -0.3 is 24.8 Å². The van der Waals surface area contributed by atoms with Crippen molar-refractivity contribution in [1.29, 1.82) is 0 Å². The fourth-order valence-electron chi connectivity index (χ4n) is 3.75. The number of hydrogen-bond acceptors (Lipinski definition) is 7. The summed E-state index contributed by atoms with van der Waals surface area (Å²) < 4.78 is 12.3. The predicted molar refractivity (Wildman–Crippen MR) is 117 cm³/mol. The molecule has 0 spiro atoms. The van der Waals surface area contributed by atoms with Crippen molar-refractivity contribution in [2.24, 2.45) is 0 Å². The Balaban J connectivity index is 0.00000218. The molecule has 0 bridgehead atoms. The van der Waals surface area contributed by atoms with E-state index >= 15 is 0 Å². The van der Waals surface area contributed by atoms with Gasteiger partial charge in [-0.15, -0.1) is 23.7 Å². The lowest BCUT2D eigenvalue weighted by atomic mass is 10.1. The van der Waals surface area contributed by atoms with Crippen LogP contribution in [0.25, 0.3) is 20.8 Å². The lowest BCUT2D eigenvalue weighted by Gasteiger charge is -2.29. The number of carbonyl (C=O) groups is 1.